The highest BCUT2D eigenvalue weighted by Gasteiger charge is 2.01. The number of benzene rings is 1. The standard InChI is InChI=1S/C14H12FN3O2/c15-12-4-1-5-13(7-12)20-10-14(19)18-17-9-11-3-2-6-16-8-11/h1-9H,10H2,(H,18,19)/b17-9-. The van der Waals surface area contributed by atoms with Crippen molar-refractivity contribution in [1.82, 2.24) is 10.4 Å². The number of rotatable bonds is 5. The summed E-state index contributed by atoms with van der Waals surface area (Å²) in [4.78, 5) is 15.3. The highest BCUT2D eigenvalue weighted by molar-refractivity contribution is 5.82. The maximum Gasteiger partial charge on any atom is 0.277 e. The minimum atomic E-state index is -0.436. The Morgan fingerprint density at radius 1 is 1.40 bits per heavy atom. The molecule has 2 aromatic rings. The van der Waals surface area contributed by atoms with Gasteiger partial charge in [0.25, 0.3) is 5.91 Å². The molecule has 0 saturated carbocycles. The molecule has 1 N–H and O–H groups in total. The van der Waals surface area contributed by atoms with E-state index in [0.717, 1.165) is 5.56 Å². The molecule has 0 atom stereocenters. The minimum Gasteiger partial charge on any atom is -0.484 e. The quantitative estimate of drug-likeness (QED) is 0.666. The number of nitrogens with one attached hydrogen (secondary N) is 1. The van der Waals surface area contributed by atoms with Crippen LogP contribution in [0.3, 0.4) is 0 Å². The number of halogens is 1. The molecule has 2 rings (SSSR count). The smallest absolute Gasteiger partial charge is 0.277 e. The van der Waals surface area contributed by atoms with Crippen molar-refractivity contribution in [2.24, 2.45) is 5.10 Å². The largest absolute Gasteiger partial charge is 0.484 e. The van der Waals surface area contributed by atoms with Crippen LogP contribution < -0.4 is 10.2 Å². The fourth-order valence-corrected chi connectivity index (χ4v) is 1.37. The fraction of sp³-hybridized carbons (Fsp3) is 0.0714. The van der Waals surface area contributed by atoms with Crippen LogP contribution in [0.25, 0.3) is 0 Å². The van der Waals surface area contributed by atoms with Crippen molar-refractivity contribution in [3.8, 4) is 5.75 Å². The first-order valence-electron chi connectivity index (χ1n) is 5.84. The summed E-state index contributed by atoms with van der Waals surface area (Å²) >= 11 is 0. The maximum absolute atomic E-state index is 12.9. The van der Waals surface area contributed by atoms with Crippen molar-refractivity contribution in [2.45, 2.75) is 0 Å². The molecule has 0 aliphatic rings. The Morgan fingerprint density at radius 2 is 2.30 bits per heavy atom. The summed E-state index contributed by atoms with van der Waals surface area (Å²) in [6.07, 6.45) is 4.72. The second-order valence-corrected chi connectivity index (χ2v) is 3.83. The Hall–Kier alpha value is -2.76. The highest BCUT2D eigenvalue weighted by Crippen LogP contribution is 2.11. The number of hydrogen-bond donors (Lipinski definition) is 1. The number of aromatic nitrogens is 1. The SMILES string of the molecule is O=C(COc1cccc(F)c1)N/N=C\c1cccnc1. The van der Waals surface area contributed by atoms with Gasteiger partial charge in [-0.1, -0.05) is 12.1 Å². The number of nitrogens with zero attached hydrogens (tertiary/aromatic N) is 2. The van der Waals surface area contributed by atoms with Crippen LogP contribution in [0.2, 0.25) is 0 Å². The van der Waals surface area contributed by atoms with E-state index < -0.39 is 11.7 Å². The number of pyridine rings is 1. The van der Waals surface area contributed by atoms with Crippen molar-refractivity contribution in [3.63, 3.8) is 0 Å². The second-order valence-electron chi connectivity index (χ2n) is 3.83. The van der Waals surface area contributed by atoms with E-state index in [1.165, 1.54) is 24.4 Å². The Balaban J connectivity index is 1.77. The molecule has 1 heterocycles. The van der Waals surface area contributed by atoms with Crippen LogP contribution in [-0.4, -0.2) is 23.7 Å². The summed E-state index contributed by atoms with van der Waals surface area (Å²) in [6, 6.07) is 9.12. The number of carbonyl (C=O) groups is 1. The van der Waals surface area contributed by atoms with Crippen molar-refractivity contribution < 1.29 is 13.9 Å². The number of carbonyl (C=O) groups excluding carboxylic acids is 1. The van der Waals surface area contributed by atoms with E-state index in [1.807, 2.05) is 0 Å². The average Bonchev–Trinajstić information content (AvgIpc) is 2.46. The van der Waals surface area contributed by atoms with Gasteiger partial charge in [0.2, 0.25) is 0 Å². The van der Waals surface area contributed by atoms with Crippen molar-refractivity contribution in [3.05, 3.63) is 60.2 Å². The predicted octanol–water partition coefficient (Wildman–Crippen LogP) is 1.75. The maximum atomic E-state index is 12.9. The summed E-state index contributed by atoms with van der Waals surface area (Å²) in [5.41, 5.74) is 3.06. The molecular formula is C14H12FN3O2. The fourth-order valence-electron chi connectivity index (χ4n) is 1.37. The molecule has 0 unspecified atom stereocenters. The van der Waals surface area contributed by atoms with Gasteiger partial charge in [0.1, 0.15) is 11.6 Å². The van der Waals surface area contributed by atoms with E-state index >= 15 is 0 Å². The first-order chi connectivity index (χ1) is 9.74. The van der Waals surface area contributed by atoms with E-state index in [4.69, 9.17) is 4.74 Å². The zero-order valence-corrected chi connectivity index (χ0v) is 10.5. The Labute approximate surface area is 115 Å². The summed E-state index contributed by atoms with van der Waals surface area (Å²) < 4.78 is 18.0. The molecular weight excluding hydrogens is 261 g/mol. The molecule has 0 fully saturated rings. The van der Waals surface area contributed by atoms with Crippen LogP contribution >= 0.6 is 0 Å². The number of ether oxygens (including phenoxy) is 1. The van der Waals surface area contributed by atoms with Gasteiger partial charge in [-0.15, -0.1) is 0 Å². The second kappa shape index (κ2) is 6.98. The Morgan fingerprint density at radius 3 is 3.05 bits per heavy atom. The van der Waals surface area contributed by atoms with E-state index in [1.54, 1.807) is 30.6 Å². The van der Waals surface area contributed by atoms with E-state index in [0.29, 0.717) is 0 Å². The van der Waals surface area contributed by atoms with Crippen molar-refractivity contribution >= 4 is 12.1 Å². The molecule has 0 aliphatic carbocycles. The molecule has 0 radical (unpaired) electrons. The van der Waals surface area contributed by atoms with Gasteiger partial charge in [0, 0.05) is 24.0 Å². The molecule has 20 heavy (non-hydrogen) atoms. The first kappa shape index (κ1) is 13.7. The third-order valence-corrected chi connectivity index (χ3v) is 2.25. The van der Waals surface area contributed by atoms with Gasteiger partial charge >= 0.3 is 0 Å². The molecule has 0 bridgehead atoms. The zero-order chi connectivity index (χ0) is 14.2. The first-order valence-corrected chi connectivity index (χ1v) is 5.84. The third kappa shape index (κ3) is 4.49. The lowest BCUT2D eigenvalue weighted by molar-refractivity contribution is -0.123. The number of hydrogen-bond acceptors (Lipinski definition) is 4. The molecule has 5 nitrogen and oxygen atoms in total. The van der Waals surface area contributed by atoms with Crippen LogP contribution in [0.4, 0.5) is 4.39 Å². The lowest BCUT2D eigenvalue weighted by atomic mass is 10.3. The molecule has 102 valence electrons. The monoisotopic (exact) mass is 273 g/mol. The van der Waals surface area contributed by atoms with Gasteiger partial charge in [-0.25, -0.2) is 9.82 Å². The summed E-state index contributed by atoms with van der Waals surface area (Å²) in [5.74, 6) is -0.566. The lowest BCUT2D eigenvalue weighted by Gasteiger charge is -2.04. The molecule has 0 spiro atoms. The normalized spacial score (nSPS) is 10.4. The summed E-state index contributed by atoms with van der Waals surface area (Å²) in [7, 11) is 0. The Kier molecular flexibility index (Phi) is 4.77. The van der Waals surface area contributed by atoms with Crippen LogP contribution in [0.15, 0.2) is 53.9 Å². The topological polar surface area (TPSA) is 63.6 Å². The van der Waals surface area contributed by atoms with E-state index in [2.05, 4.69) is 15.5 Å². The molecule has 1 aromatic carbocycles. The molecule has 6 heteroatoms. The van der Waals surface area contributed by atoms with Gasteiger partial charge < -0.3 is 4.74 Å². The van der Waals surface area contributed by atoms with Gasteiger partial charge in [-0.2, -0.15) is 5.10 Å². The van der Waals surface area contributed by atoms with Crippen molar-refractivity contribution in [2.75, 3.05) is 6.61 Å². The molecule has 1 aromatic heterocycles. The van der Waals surface area contributed by atoms with Gasteiger partial charge in [-0.05, 0) is 18.2 Å². The number of amides is 1. The van der Waals surface area contributed by atoms with Crippen LogP contribution in [-0.2, 0) is 4.79 Å². The Bertz CT molecular complexity index is 602. The van der Waals surface area contributed by atoms with Crippen molar-refractivity contribution in [1.29, 1.82) is 0 Å². The number of hydrazone groups is 1. The van der Waals surface area contributed by atoms with Gasteiger partial charge in [0.05, 0.1) is 6.21 Å². The zero-order valence-electron chi connectivity index (χ0n) is 10.5. The van der Waals surface area contributed by atoms with E-state index in [-0.39, 0.29) is 12.4 Å². The van der Waals surface area contributed by atoms with Crippen LogP contribution in [0.5, 0.6) is 5.75 Å². The van der Waals surface area contributed by atoms with E-state index in [9.17, 15) is 9.18 Å². The molecule has 0 saturated heterocycles. The highest BCUT2D eigenvalue weighted by atomic mass is 19.1. The van der Waals surface area contributed by atoms with Crippen LogP contribution in [0.1, 0.15) is 5.56 Å². The molecule has 0 aliphatic heterocycles. The summed E-state index contributed by atoms with van der Waals surface area (Å²) in [6.45, 7) is -0.242. The predicted molar refractivity (Wildman–Crippen MR) is 71.9 cm³/mol. The average molecular weight is 273 g/mol. The van der Waals surface area contributed by atoms with Crippen LogP contribution in [0, 0.1) is 5.82 Å². The summed E-state index contributed by atoms with van der Waals surface area (Å²) in [5, 5.41) is 3.75. The minimum absolute atomic E-state index is 0.242. The van der Waals surface area contributed by atoms with Gasteiger partial charge in [-0.3, -0.25) is 9.78 Å². The lowest BCUT2D eigenvalue weighted by Crippen LogP contribution is -2.24. The molecule has 1 amide bonds. The van der Waals surface area contributed by atoms with Gasteiger partial charge in [0.15, 0.2) is 6.61 Å². The third-order valence-electron chi connectivity index (χ3n) is 2.25.